The summed E-state index contributed by atoms with van der Waals surface area (Å²) in [6.45, 7) is 3.56. The highest BCUT2D eigenvalue weighted by molar-refractivity contribution is 6.18. The first-order valence-electron chi connectivity index (χ1n) is 5.59. The highest BCUT2D eigenvalue weighted by Gasteiger charge is 2.27. The molecule has 1 atom stereocenters. The van der Waals surface area contributed by atoms with Crippen molar-refractivity contribution in [3.63, 3.8) is 0 Å². The molecule has 0 spiro atoms. The Bertz CT molecular complexity index is 394. The Labute approximate surface area is 106 Å². The summed E-state index contributed by atoms with van der Waals surface area (Å²) in [6, 6.07) is 3.59. The van der Waals surface area contributed by atoms with E-state index in [0.29, 0.717) is 31.2 Å². The number of carbonyl (C=O) groups is 1. The van der Waals surface area contributed by atoms with Gasteiger partial charge in [0.05, 0.1) is 24.8 Å². The summed E-state index contributed by atoms with van der Waals surface area (Å²) < 4.78 is 5.31. The average molecular weight is 255 g/mol. The van der Waals surface area contributed by atoms with Gasteiger partial charge in [-0.2, -0.15) is 0 Å². The van der Waals surface area contributed by atoms with Crippen molar-refractivity contribution in [1.82, 2.24) is 9.88 Å². The van der Waals surface area contributed by atoms with Gasteiger partial charge in [0, 0.05) is 24.3 Å². The quantitative estimate of drug-likeness (QED) is 0.751. The van der Waals surface area contributed by atoms with Gasteiger partial charge < -0.3 is 9.64 Å². The maximum atomic E-state index is 12.3. The van der Waals surface area contributed by atoms with Gasteiger partial charge in [-0.25, -0.2) is 0 Å². The fourth-order valence-electron chi connectivity index (χ4n) is 1.81. The lowest BCUT2D eigenvalue weighted by atomic mass is 10.2. The third-order valence-electron chi connectivity index (χ3n) is 2.82. The highest BCUT2D eigenvalue weighted by Crippen LogP contribution is 2.13. The topological polar surface area (TPSA) is 42.4 Å². The van der Waals surface area contributed by atoms with E-state index in [1.807, 2.05) is 13.0 Å². The van der Waals surface area contributed by atoms with E-state index in [1.165, 1.54) is 0 Å². The van der Waals surface area contributed by atoms with Crippen molar-refractivity contribution in [3.05, 3.63) is 29.6 Å². The third-order valence-corrected chi connectivity index (χ3v) is 3.18. The molecule has 1 saturated heterocycles. The summed E-state index contributed by atoms with van der Waals surface area (Å²) in [4.78, 5) is 18.2. The van der Waals surface area contributed by atoms with Crippen LogP contribution in [-0.2, 0) is 4.74 Å². The van der Waals surface area contributed by atoms with Gasteiger partial charge in [-0.3, -0.25) is 9.78 Å². The number of alkyl halides is 1. The lowest BCUT2D eigenvalue weighted by molar-refractivity contribution is 0.00454. The van der Waals surface area contributed by atoms with Crippen LogP contribution in [0.4, 0.5) is 0 Å². The average Bonchev–Trinajstić information content (AvgIpc) is 2.39. The zero-order valence-corrected chi connectivity index (χ0v) is 10.5. The van der Waals surface area contributed by atoms with Crippen molar-refractivity contribution >= 4 is 17.5 Å². The van der Waals surface area contributed by atoms with Crippen LogP contribution in [0.15, 0.2) is 18.3 Å². The second-order valence-electron chi connectivity index (χ2n) is 4.07. The molecule has 2 rings (SSSR count). The van der Waals surface area contributed by atoms with Gasteiger partial charge in [-0.15, -0.1) is 11.6 Å². The van der Waals surface area contributed by atoms with E-state index >= 15 is 0 Å². The molecule has 0 N–H and O–H groups in total. The maximum absolute atomic E-state index is 12.3. The van der Waals surface area contributed by atoms with Crippen LogP contribution in [0.25, 0.3) is 0 Å². The van der Waals surface area contributed by atoms with Gasteiger partial charge in [-0.05, 0) is 19.1 Å². The van der Waals surface area contributed by atoms with E-state index in [0.717, 1.165) is 5.69 Å². The summed E-state index contributed by atoms with van der Waals surface area (Å²) in [5.74, 6) is 0.372. The van der Waals surface area contributed by atoms with Crippen molar-refractivity contribution in [1.29, 1.82) is 0 Å². The molecule has 2 heterocycles. The van der Waals surface area contributed by atoms with Crippen molar-refractivity contribution < 1.29 is 9.53 Å². The number of morpholine rings is 1. The first-order chi connectivity index (χ1) is 8.22. The number of pyridine rings is 1. The molecule has 0 radical (unpaired) electrons. The van der Waals surface area contributed by atoms with E-state index in [9.17, 15) is 4.79 Å². The van der Waals surface area contributed by atoms with E-state index in [2.05, 4.69) is 4.98 Å². The van der Waals surface area contributed by atoms with E-state index in [-0.39, 0.29) is 11.9 Å². The maximum Gasteiger partial charge on any atom is 0.255 e. The molecule has 1 aliphatic rings. The van der Waals surface area contributed by atoms with Gasteiger partial charge in [-0.1, -0.05) is 0 Å². The molecule has 92 valence electrons. The van der Waals surface area contributed by atoms with Crippen LogP contribution >= 0.6 is 11.6 Å². The predicted octanol–water partition coefficient (Wildman–Crippen LogP) is 1.47. The highest BCUT2D eigenvalue weighted by atomic mass is 35.5. The summed E-state index contributed by atoms with van der Waals surface area (Å²) >= 11 is 5.84. The number of rotatable bonds is 2. The number of carbonyl (C=O) groups excluding carboxylic acids is 1. The van der Waals surface area contributed by atoms with Crippen molar-refractivity contribution in [3.8, 4) is 0 Å². The third kappa shape index (κ3) is 2.76. The second kappa shape index (κ2) is 5.47. The number of halogens is 1. The number of ether oxygens (including phenoxy) is 1. The standard InChI is InChI=1S/C12H15ClN2O2/c1-9-2-3-10(7-14-9)12(16)15-4-5-17-8-11(15)6-13/h2-3,7,11H,4-6,8H2,1H3. The summed E-state index contributed by atoms with van der Waals surface area (Å²) in [5, 5.41) is 0. The fourth-order valence-corrected chi connectivity index (χ4v) is 2.07. The smallest absolute Gasteiger partial charge is 0.255 e. The van der Waals surface area contributed by atoms with Crippen LogP contribution in [0.3, 0.4) is 0 Å². The minimum absolute atomic E-state index is 0.0218. The minimum atomic E-state index is -0.0424. The summed E-state index contributed by atoms with van der Waals surface area (Å²) in [7, 11) is 0. The Balaban J connectivity index is 2.15. The largest absolute Gasteiger partial charge is 0.377 e. The molecule has 0 aliphatic carbocycles. The Hall–Kier alpha value is -1.13. The van der Waals surface area contributed by atoms with Gasteiger partial charge in [0.2, 0.25) is 0 Å². The van der Waals surface area contributed by atoms with E-state index in [1.54, 1.807) is 17.2 Å². The normalized spacial score (nSPS) is 20.4. The Morgan fingerprint density at radius 1 is 1.65 bits per heavy atom. The van der Waals surface area contributed by atoms with E-state index in [4.69, 9.17) is 16.3 Å². The SMILES string of the molecule is Cc1ccc(C(=O)N2CCOCC2CCl)cn1. The first-order valence-corrected chi connectivity index (χ1v) is 6.13. The number of amides is 1. The molecular weight excluding hydrogens is 240 g/mol. The van der Waals surface area contributed by atoms with Crippen LogP contribution in [0.2, 0.25) is 0 Å². The molecule has 0 bridgehead atoms. The molecule has 1 aromatic heterocycles. The lowest BCUT2D eigenvalue weighted by Crippen LogP contribution is -2.49. The number of aromatic nitrogens is 1. The second-order valence-corrected chi connectivity index (χ2v) is 4.38. The molecule has 0 aromatic carbocycles. The summed E-state index contributed by atoms with van der Waals surface area (Å²) in [6.07, 6.45) is 1.61. The molecule has 1 fully saturated rings. The molecule has 1 aromatic rings. The molecule has 0 saturated carbocycles. The molecule has 1 unspecified atom stereocenters. The molecule has 5 heteroatoms. The van der Waals surface area contributed by atoms with Gasteiger partial charge in [0.15, 0.2) is 0 Å². The lowest BCUT2D eigenvalue weighted by Gasteiger charge is -2.34. The number of nitrogens with zero attached hydrogens (tertiary/aromatic N) is 2. The van der Waals surface area contributed by atoms with Crippen molar-refractivity contribution in [2.75, 3.05) is 25.6 Å². The number of hydrogen-bond donors (Lipinski definition) is 0. The van der Waals surface area contributed by atoms with Gasteiger partial charge in [0.1, 0.15) is 0 Å². The Morgan fingerprint density at radius 3 is 3.12 bits per heavy atom. The number of aryl methyl sites for hydroxylation is 1. The molecular formula is C12H15ClN2O2. The molecule has 4 nitrogen and oxygen atoms in total. The Kier molecular flexibility index (Phi) is 3.97. The van der Waals surface area contributed by atoms with Crippen LogP contribution < -0.4 is 0 Å². The summed E-state index contributed by atoms with van der Waals surface area (Å²) in [5.41, 5.74) is 1.50. The monoisotopic (exact) mass is 254 g/mol. The predicted molar refractivity (Wildman–Crippen MR) is 65.3 cm³/mol. The zero-order chi connectivity index (χ0) is 12.3. The van der Waals surface area contributed by atoms with Crippen LogP contribution in [0.5, 0.6) is 0 Å². The van der Waals surface area contributed by atoms with Crippen molar-refractivity contribution in [2.45, 2.75) is 13.0 Å². The van der Waals surface area contributed by atoms with Gasteiger partial charge >= 0.3 is 0 Å². The van der Waals surface area contributed by atoms with Crippen LogP contribution in [-0.4, -0.2) is 47.5 Å². The van der Waals surface area contributed by atoms with Crippen LogP contribution in [0, 0.1) is 6.92 Å². The molecule has 1 aliphatic heterocycles. The van der Waals surface area contributed by atoms with E-state index < -0.39 is 0 Å². The number of hydrogen-bond acceptors (Lipinski definition) is 3. The fraction of sp³-hybridized carbons (Fsp3) is 0.500. The van der Waals surface area contributed by atoms with Crippen LogP contribution in [0.1, 0.15) is 16.1 Å². The Morgan fingerprint density at radius 2 is 2.47 bits per heavy atom. The van der Waals surface area contributed by atoms with Crippen molar-refractivity contribution in [2.24, 2.45) is 0 Å². The minimum Gasteiger partial charge on any atom is -0.377 e. The zero-order valence-electron chi connectivity index (χ0n) is 9.73. The molecule has 1 amide bonds. The molecule has 17 heavy (non-hydrogen) atoms. The first kappa shape index (κ1) is 12.3. The van der Waals surface area contributed by atoms with Gasteiger partial charge in [0.25, 0.3) is 5.91 Å².